The maximum atomic E-state index is 6.68. The summed E-state index contributed by atoms with van der Waals surface area (Å²) in [4.78, 5) is 2.47. The lowest BCUT2D eigenvalue weighted by Crippen LogP contribution is -2.32. The maximum Gasteiger partial charge on any atom is 0.132 e. The van der Waals surface area contributed by atoms with Crippen LogP contribution in [0.15, 0.2) is 237 Å². The van der Waals surface area contributed by atoms with Crippen LogP contribution in [0.3, 0.4) is 0 Å². The largest absolute Gasteiger partial charge is 0.457 e. The van der Waals surface area contributed by atoms with Gasteiger partial charge in [0.15, 0.2) is 0 Å². The molecule has 2 nitrogen and oxygen atoms in total. The Labute approximate surface area is 373 Å². The molecule has 298 valence electrons. The summed E-state index contributed by atoms with van der Waals surface area (Å²) in [6.45, 7) is 0. The van der Waals surface area contributed by atoms with Crippen molar-refractivity contribution < 1.29 is 4.74 Å². The fourth-order valence-electron chi connectivity index (χ4n) is 12.2. The Hall–Kier alpha value is -8.20. The molecule has 0 saturated carbocycles. The fraction of sp³-hybridized carbons (Fsp3) is 0.0323. The summed E-state index contributed by atoms with van der Waals surface area (Å²) in [6, 6.07) is 87.5. The van der Waals surface area contributed by atoms with Crippen LogP contribution < -0.4 is 9.64 Å². The van der Waals surface area contributed by atoms with Gasteiger partial charge >= 0.3 is 0 Å². The van der Waals surface area contributed by atoms with Gasteiger partial charge in [0.2, 0.25) is 0 Å². The van der Waals surface area contributed by atoms with E-state index in [1.807, 2.05) is 0 Å². The topological polar surface area (TPSA) is 12.5 Å². The molecule has 0 radical (unpaired) electrons. The van der Waals surface area contributed by atoms with Crippen LogP contribution in [0.4, 0.5) is 17.1 Å². The van der Waals surface area contributed by atoms with Gasteiger partial charge in [0, 0.05) is 28.1 Å². The molecule has 0 aromatic heterocycles. The van der Waals surface area contributed by atoms with Gasteiger partial charge in [-0.05, 0) is 121 Å². The predicted molar refractivity (Wildman–Crippen MR) is 260 cm³/mol. The molecular weight excluding hydrogens is 775 g/mol. The lowest BCUT2D eigenvalue weighted by Gasteiger charge is -2.39. The maximum absolute atomic E-state index is 6.68. The lowest BCUT2D eigenvalue weighted by atomic mass is 9.66. The molecule has 0 atom stereocenters. The number of hydrogen-bond donors (Lipinski definition) is 0. The fourth-order valence-corrected chi connectivity index (χ4v) is 12.2. The first-order chi connectivity index (χ1) is 31.8. The second-order valence-electron chi connectivity index (χ2n) is 17.5. The zero-order valence-electron chi connectivity index (χ0n) is 34.9. The minimum absolute atomic E-state index is 0.448. The number of rotatable bonds is 4. The highest BCUT2D eigenvalue weighted by Gasteiger charge is 2.53. The summed E-state index contributed by atoms with van der Waals surface area (Å²) in [5.41, 5.74) is 22.6. The average Bonchev–Trinajstić information content (AvgIpc) is 3.95. The van der Waals surface area contributed by atoms with Crippen molar-refractivity contribution in [2.45, 2.75) is 10.8 Å². The van der Waals surface area contributed by atoms with E-state index < -0.39 is 10.8 Å². The van der Waals surface area contributed by atoms with Crippen LogP contribution in [-0.4, -0.2) is 0 Å². The minimum Gasteiger partial charge on any atom is -0.457 e. The molecule has 0 saturated heterocycles. The second-order valence-corrected chi connectivity index (χ2v) is 17.5. The van der Waals surface area contributed by atoms with Gasteiger partial charge < -0.3 is 9.64 Å². The molecule has 10 aromatic carbocycles. The summed E-state index contributed by atoms with van der Waals surface area (Å²) in [5, 5.41) is 0. The van der Waals surface area contributed by atoms with Gasteiger partial charge in [0.1, 0.15) is 11.5 Å². The van der Waals surface area contributed by atoms with E-state index in [9.17, 15) is 0 Å². The summed E-state index contributed by atoms with van der Waals surface area (Å²) < 4.78 is 6.68. The highest BCUT2D eigenvalue weighted by molar-refractivity contribution is 5.98. The van der Waals surface area contributed by atoms with E-state index in [0.29, 0.717) is 0 Å². The third-order valence-electron chi connectivity index (χ3n) is 14.6. The van der Waals surface area contributed by atoms with Crippen LogP contribution in [0, 0.1) is 0 Å². The summed E-state index contributed by atoms with van der Waals surface area (Å²) in [5.74, 6) is 1.79. The molecule has 4 aliphatic rings. The molecule has 2 heteroatoms. The SMILES string of the molecule is c1ccc(N(c2ccc3c(c2)C2(c4ccccc4-c4ccccc42)c2ccccc2-3)c2ccccc2-c2ccc3c(c2)C2(c4ccccc4Oc4ccccc42)c2ccccc2-3)cc1. The number of fused-ring (bicyclic) bond motifs is 19. The first-order valence-corrected chi connectivity index (χ1v) is 22.3. The van der Waals surface area contributed by atoms with E-state index in [0.717, 1.165) is 39.7 Å². The zero-order chi connectivity index (χ0) is 42.0. The van der Waals surface area contributed by atoms with Crippen molar-refractivity contribution in [1.29, 1.82) is 0 Å². The van der Waals surface area contributed by atoms with Crippen molar-refractivity contribution in [2.24, 2.45) is 0 Å². The predicted octanol–water partition coefficient (Wildman–Crippen LogP) is 15.6. The lowest BCUT2D eigenvalue weighted by molar-refractivity contribution is 0.436. The molecule has 1 heterocycles. The number of para-hydroxylation sites is 4. The second kappa shape index (κ2) is 13.2. The average molecular weight is 814 g/mol. The van der Waals surface area contributed by atoms with Gasteiger partial charge in [-0.2, -0.15) is 0 Å². The van der Waals surface area contributed by atoms with Crippen molar-refractivity contribution in [3.8, 4) is 56.0 Å². The number of benzene rings is 10. The molecule has 64 heavy (non-hydrogen) atoms. The highest BCUT2D eigenvalue weighted by Crippen LogP contribution is 2.65. The summed E-state index contributed by atoms with van der Waals surface area (Å²) >= 11 is 0. The number of nitrogens with zero attached hydrogens (tertiary/aromatic N) is 1. The Morgan fingerprint density at radius 1 is 0.266 bits per heavy atom. The summed E-state index contributed by atoms with van der Waals surface area (Å²) in [6.07, 6.45) is 0. The Morgan fingerprint density at radius 3 is 1.20 bits per heavy atom. The van der Waals surface area contributed by atoms with Crippen LogP contribution in [-0.2, 0) is 10.8 Å². The molecule has 0 bridgehead atoms. The van der Waals surface area contributed by atoms with E-state index in [4.69, 9.17) is 4.74 Å². The number of anilines is 3. The smallest absolute Gasteiger partial charge is 0.132 e. The van der Waals surface area contributed by atoms with Crippen LogP contribution in [0.2, 0.25) is 0 Å². The van der Waals surface area contributed by atoms with Crippen molar-refractivity contribution >= 4 is 17.1 Å². The molecule has 2 spiro atoms. The Balaban J connectivity index is 1.00. The van der Waals surface area contributed by atoms with Crippen molar-refractivity contribution in [1.82, 2.24) is 0 Å². The number of ether oxygens (including phenoxy) is 1. The molecule has 0 amide bonds. The van der Waals surface area contributed by atoms with E-state index in [1.54, 1.807) is 0 Å². The zero-order valence-corrected chi connectivity index (χ0v) is 34.9. The molecule has 0 fully saturated rings. The molecule has 14 rings (SSSR count). The van der Waals surface area contributed by atoms with Gasteiger partial charge in [0.25, 0.3) is 0 Å². The van der Waals surface area contributed by atoms with Crippen molar-refractivity contribution in [3.63, 3.8) is 0 Å². The van der Waals surface area contributed by atoms with Gasteiger partial charge in [-0.15, -0.1) is 0 Å². The van der Waals surface area contributed by atoms with Gasteiger partial charge in [-0.1, -0.05) is 188 Å². The molecule has 3 aliphatic carbocycles. The quantitative estimate of drug-likeness (QED) is 0.175. The van der Waals surface area contributed by atoms with E-state index in [-0.39, 0.29) is 0 Å². The van der Waals surface area contributed by atoms with E-state index in [1.165, 1.54) is 77.9 Å². The molecule has 1 aliphatic heterocycles. The van der Waals surface area contributed by atoms with Crippen LogP contribution >= 0.6 is 0 Å². The monoisotopic (exact) mass is 813 g/mol. The first kappa shape index (κ1) is 35.4. The molecular formula is C62H39NO. The highest BCUT2D eigenvalue weighted by atomic mass is 16.5. The first-order valence-electron chi connectivity index (χ1n) is 22.3. The van der Waals surface area contributed by atoms with Gasteiger partial charge in [-0.3, -0.25) is 0 Å². The normalized spacial score (nSPS) is 14.3. The van der Waals surface area contributed by atoms with E-state index >= 15 is 0 Å². The van der Waals surface area contributed by atoms with Gasteiger partial charge in [0.05, 0.1) is 16.5 Å². The Bertz CT molecular complexity index is 3450. The molecule has 0 N–H and O–H groups in total. The van der Waals surface area contributed by atoms with Gasteiger partial charge in [-0.25, -0.2) is 0 Å². The van der Waals surface area contributed by atoms with Crippen molar-refractivity contribution in [3.05, 3.63) is 281 Å². The molecule has 0 unspecified atom stereocenters. The third kappa shape index (κ3) is 4.49. The Morgan fingerprint density at radius 2 is 0.656 bits per heavy atom. The Kier molecular flexibility index (Phi) is 7.28. The molecule has 10 aromatic rings. The van der Waals surface area contributed by atoms with Crippen LogP contribution in [0.5, 0.6) is 11.5 Å². The van der Waals surface area contributed by atoms with Crippen LogP contribution in [0.1, 0.15) is 44.5 Å². The van der Waals surface area contributed by atoms with Crippen LogP contribution in [0.25, 0.3) is 44.5 Å². The minimum atomic E-state index is -0.557. The third-order valence-corrected chi connectivity index (χ3v) is 14.6. The number of hydrogen-bond acceptors (Lipinski definition) is 2. The summed E-state index contributed by atoms with van der Waals surface area (Å²) in [7, 11) is 0. The van der Waals surface area contributed by atoms with E-state index in [2.05, 4.69) is 241 Å². The van der Waals surface area contributed by atoms with Crippen molar-refractivity contribution in [2.75, 3.05) is 4.90 Å². The standard InChI is InChI=1S/C62H39NO/c1-2-18-41(19-3-1)63(42-35-37-49-47-24-6-11-27-52(47)61(57(49)39-42)50-25-9-4-21-44(50)45-22-5-10-26-51(45)61)58-31-15-8-20-43(58)40-34-36-48-46-23-7-12-28-53(46)62(56(48)38-40)54-29-13-16-32-59(54)64-60-33-17-14-30-55(60)62/h1-39H.